The van der Waals surface area contributed by atoms with E-state index in [0.717, 1.165) is 37.6 Å². The van der Waals surface area contributed by atoms with E-state index in [1.807, 2.05) is 0 Å². The van der Waals surface area contributed by atoms with Crippen LogP contribution in [0.3, 0.4) is 0 Å². The van der Waals surface area contributed by atoms with Crippen LogP contribution in [0.5, 0.6) is 0 Å². The average Bonchev–Trinajstić information content (AvgIpc) is 2.84. The zero-order chi connectivity index (χ0) is 13.0. The zero-order valence-electron chi connectivity index (χ0n) is 10.2. The summed E-state index contributed by atoms with van der Waals surface area (Å²) in [5, 5.41) is 2.53. The molecule has 0 spiro atoms. The van der Waals surface area contributed by atoms with Crippen molar-refractivity contribution in [1.29, 1.82) is 0 Å². The van der Waals surface area contributed by atoms with Gasteiger partial charge < -0.3 is 15.8 Å². The van der Waals surface area contributed by atoms with Crippen molar-refractivity contribution in [1.82, 2.24) is 0 Å². The van der Waals surface area contributed by atoms with Crippen LogP contribution in [0.1, 0.15) is 12.8 Å². The lowest BCUT2D eigenvalue weighted by Crippen LogP contribution is -2.25. The molecule has 19 heavy (non-hydrogen) atoms. The first-order chi connectivity index (χ1) is 8.65. The first kappa shape index (κ1) is 16.1. The van der Waals surface area contributed by atoms with Gasteiger partial charge in [0.05, 0.1) is 18.3 Å². The summed E-state index contributed by atoms with van der Waals surface area (Å²) in [6.45, 7) is 1.17. The predicted octanol–water partition coefficient (Wildman–Crippen LogP) is 2.49. The van der Waals surface area contributed by atoms with Gasteiger partial charge in [0.25, 0.3) is 0 Å². The molecule has 7 heteroatoms. The molecule has 2 rings (SSSR count). The fourth-order valence-corrected chi connectivity index (χ4v) is 1.76. The van der Waals surface area contributed by atoms with Gasteiger partial charge in [0, 0.05) is 12.7 Å². The molecule has 0 aromatic heterocycles. The van der Waals surface area contributed by atoms with Crippen molar-refractivity contribution in [3.05, 3.63) is 29.8 Å². The summed E-state index contributed by atoms with van der Waals surface area (Å²) in [6.07, 6.45) is 2.04. The molecular weight excluding hydrogens is 367 g/mol. The van der Waals surface area contributed by atoms with Crippen LogP contribution in [0.2, 0.25) is 0 Å². The second-order valence-electron chi connectivity index (χ2n) is 4.11. The Bertz CT molecular complexity index is 451. The summed E-state index contributed by atoms with van der Waals surface area (Å²) in [5.74, 6) is -1.06. The number of nitrogens with two attached hydrogens (primary N) is 1. The van der Waals surface area contributed by atoms with Crippen molar-refractivity contribution in [3.8, 4) is 0 Å². The molecule has 0 amide bonds. The van der Waals surface area contributed by atoms with Crippen molar-refractivity contribution in [2.45, 2.75) is 18.9 Å². The molecule has 0 bridgehead atoms. The third-order valence-electron chi connectivity index (χ3n) is 2.68. The van der Waals surface area contributed by atoms with Gasteiger partial charge in [0.2, 0.25) is 0 Å². The van der Waals surface area contributed by atoms with E-state index < -0.39 is 11.6 Å². The third-order valence-corrected chi connectivity index (χ3v) is 2.68. The standard InChI is InChI=1S/C12H15F2N3O.HI/c13-8-3-4-10(14)11(6-8)17-12(15)16-7-9-2-1-5-18-9;/h3-4,6,9H,1-2,5,7H2,(H3,15,16,17);1H. The van der Waals surface area contributed by atoms with E-state index in [1.165, 1.54) is 0 Å². The number of hydrogen-bond acceptors (Lipinski definition) is 2. The van der Waals surface area contributed by atoms with Crippen LogP contribution >= 0.6 is 24.0 Å². The Hall–Kier alpha value is -0.960. The molecule has 0 radical (unpaired) electrons. The summed E-state index contributed by atoms with van der Waals surface area (Å²) >= 11 is 0. The highest BCUT2D eigenvalue weighted by Gasteiger charge is 2.14. The van der Waals surface area contributed by atoms with Crippen molar-refractivity contribution >= 4 is 35.6 Å². The van der Waals surface area contributed by atoms with Crippen LogP contribution in [-0.2, 0) is 4.74 Å². The van der Waals surface area contributed by atoms with E-state index in [4.69, 9.17) is 10.5 Å². The zero-order valence-corrected chi connectivity index (χ0v) is 12.6. The van der Waals surface area contributed by atoms with Gasteiger partial charge in [-0.25, -0.2) is 8.78 Å². The van der Waals surface area contributed by atoms with Gasteiger partial charge in [0.15, 0.2) is 5.96 Å². The summed E-state index contributed by atoms with van der Waals surface area (Å²) in [4.78, 5) is 4.04. The lowest BCUT2D eigenvalue weighted by atomic mass is 10.2. The molecule has 3 N–H and O–H groups in total. The number of rotatable bonds is 3. The maximum Gasteiger partial charge on any atom is 0.193 e. The van der Waals surface area contributed by atoms with Gasteiger partial charge in [-0.05, 0) is 25.0 Å². The normalized spacial score (nSPS) is 19.1. The first-order valence-electron chi connectivity index (χ1n) is 5.79. The molecule has 1 saturated heterocycles. The van der Waals surface area contributed by atoms with Gasteiger partial charge in [-0.3, -0.25) is 4.99 Å². The molecule has 1 atom stereocenters. The Morgan fingerprint density at radius 3 is 2.95 bits per heavy atom. The van der Waals surface area contributed by atoms with Crippen LogP contribution in [-0.4, -0.2) is 25.2 Å². The van der Waals surface area contributed by atoms with E-state index in [0.29, 0.717) is 6.54 Å². The average molecular weight is 383 g/mol. The van der Waals surface area contributed by atoms with Crippen LogP contribution in [0.15, 0.2) is 23.2 Å². The maximum absolute atomic E-state index is 13.3. The minimum absolute atomic E-state index is 0. The molecule has 0 aliphatic carbocycles. The topological polar surface area (TPSA) is 59.6 Å². The Morgan fingerprint density at radius 1 is 1.47 bits per heavy atom. The number of ether oxygens (including phenoxy) is 1. The fourth-order valence-electron chi connectivity index (χ4n) is 1.76. The highest BCUT2D eigenvalue weighted by Crippen LogP contribution is 2.15. The number of halogens is 3. The molecule has 1 fully saturated rings. The van der Waals surface area contributed by atoms with Crippen LogP contribution in [0, 0.1) is 11.6 Å². The van der Waals surface area contributed by atoms with E-state index in [-0.39, 0.29) is 41.7 Å². The summed E-state index contributed by atoms with van der Waals surface area (Å²) in [6, 6.07) is 3.11. The molecule has 1 heterocycles. The molecule has 1 aliphatic heterocycles. The van der Waals surface area contributed by atoms with E-state index in [9.17, 15) is 8.78 Å². The van der Waals surface area contributed by atoms with Gasteiger partial charge in [-0.1, -0.05) is 0 Å². The molecule has 4 nitrogen and oxygen atoms in total. The SMILES string of the molecule is I.NC(=NCC1CCCO1)Nc1cc(F)ccc1F. The Labute approximate surface area is 127 Å². The van der Waals surface area contributed by atoms with Gasteiger partial charge in [0.1, 0.15) is 11.6 Å². The van der Waals surface area contributed by atoms with E-state index in [1.54, 1.807) is 0 Å². The molecule has 1 aromatic carbocycles. The van der Waals surface area contributed by atoms with Crippen LogP contribution < -0.4 is 11.1 Å². The second kappa shape index (κ2) is 7.59. The van der Waals surface area contributed by atoms with Crippen molar-refractivity contribution in [3.63, 3.8) is 0 Å². The largest absolute Gasteiger partial charge is 0.376 e. The smallest absolute Gasteiger partial charge is 0.193 e. The maximum atomic E-state index is 13.3. The number of aliphatic imine (C=N–C) groups is 1. The number of hydrogen-bond donors (Lipinski definition) is 2. The lowest BCUT2D eigenvalue weighted by Gasteiger charge is -2.09. The second-order valence-corrected chi connectivity index (χ2v) is 4.11. The summed E-state index contributed by atoms with van der Waals surface area (Å²) in [7, 11) is 0. The Kier molecular flexibility index (Phi) is 6.43. The molecule has 0 saturated carbocycles. The van der Waals surface area contributed by atoms with Gasteiger partial charge >= 0.3 is 0 Å². The first-order valence-corrected chi connectivity index (χ1v) is 5.79. The van der Waals surface area contributed by atoms with Crippen molar-refractivity contribution in [2.24, 2.45) is 10.7 Å². The third kappa shape index (κ3) is 4.90. The number of anilines is 1. The number of guanidine groups is 1. The predicted molar refractivity (Wildman–Crippen MR) is 80.9 cm³/mol. The quantitative estimate of drug-likeness (QED) is 0.479. The lowest BCUT2D eigenvalue weighted by molar-refractivity contribution is 0.118. The van der Waals surface area contributed by atoms with Gasteiger partial charge in [-0.2, -0.15) is 0 Å². The van der Waals surface area contributed by atoms with Crippen LogP contribution in [0.25, 0.3) is 0 Å². The Balaban J connectivity index is 0.00000180. The fraction of sp³-hybridized carbons (Fsp3) is 0.417. The van der Waals surface area contributed by atoms with Crippen molar-refractivity contribution < 1.29 is 13.5 Å². The molecule has 1 unspecified atom stereocenters. The number of benzene rings is 1. The van der Waals surface area contributed by atoms with Crippen LogP contribution in [0.4, 0.5) is 14.5 Å². The molecule has 1 aromatic rings. The van der Waals surface area contributed by atoms with E-state index in [2.05, 4.69) is 10.3 Å². The number of nitrogens with one attached hydrogen (secondary N) is 1. The highest BCUT2D eigenvalue weighted by molar-refractivity contribution is 14.0. The molecule has 1 aliphatic rings. The summed E-state index contributed by atoms with van der Waals surface area (Å²) in [5.41, 5.74) is 5.57. The number of nitrogens with zero attached hydrogens (tertiary/aromatic N) is 1. The van der Waals surface area contributed by atoms with E-state index >= 15 is 0 Å². The Morgan fingerprint density at radius 2 is 2.26 bits per heavy atom. The minimum atomic E-state index is -0.577. The van der Waals surface area contributed by atoms with Gasteiger partial charge in [-0.15, -0.1) is 24.0 Å². The molecule has 106 valence electrons. The monoisotopic (exact) mass is 383 g/mol. The van der Waals surface area contributed by atoms with Crippen molar-refractivity contribution in [2.75, 3.05) is 18.5 Å². The minimum Gasteiger partial charge on any atom is -0.376 e. The highest BCUT2D eigenvalue weighted by atomic mass is 127. The molecular formula is C12H16F2IN3O. The summed E-state index contributed by atoms with van der Waals surface area (Å²) < 4.78 is 31.6.